The van der Waals surface area contributed by atoms with Gasteiger partial charge in [-0.15, -0.1) is 0 Å². The van der Waals surface area contributed by atoms with Gasteiger partial charge in [-0.1, -0.05) is 6.07 Å². The zero-order valence-electron chi connectivity index (χ0n) is 12.4. The van der Waals surface area contributed by atoms with E-state index in [2.05, 4.69) is 16.0 Å². The Bertz CT molecular complexity index is 763. The first-order chi connectivity index (χ1) is 11.2. The number of rotatable bonds is 2. The second kappa shape index (κ2) is 6.44. The molecule has 0 N–H and O–H groups in total. The molecule has 0 radical (unpaired) electrons. The number of hydrogen-bond donors (Lipinski definition) is 0. The summed E-state index contributed by atoms with van der Waals surface area (Å²) in [5.74, 6) is -1.07. The maximum atomic E-state index is 13.6. The van der Waals surface area contributed by atoms with Crippen molar-refractivity contribution in [2.24, 2.45) is 0 Å². The predicted molar refractivity (Wildman–Crippen MR) is 83.5 cm³/mol. The summed E-state index contributed by atoms with van der Waals surface area (Å²) in [6.45, 7) is 2.29. The molecule has 1 saturated heterocycles. The third kappa shape index (κ3) is 3.14. The molecule has 1 amide bonds. The van der Waals surface area contributed by atoms with Gasteiger partial charge in [-0.2, -0.15) is 9.65 Å². The molecule has 1 aromatic heterocycles. The molecule has 23 heavy (non-hydrogen) atoms. The molecule has 116 valence electrons. The Balaban J connectivity index is 1.68. The van der Waals surface area contributed by atoms with Crippen molar-refractivity contribution < 1.29 is 9.18 Å². The molecule has 0 unspecified atom stereocenters. The van der Waals surface area contributed by atoms with Crippen molar-refractivity contribution in [2.75, 3.05) is 31.1 Å². The van der Waals surface area contributed by atoms with E-state index in [1.807, 2.05) is 18.2 Å². The normalized spacial score (nSPS) is 14.4. The molecular weight excluding hydrogens is 295 g/mol. The molecule has 0 aliphatic carbocycles. The van der Waals surface area contributed by atoms with E-state index in [1.165, 1.54) is 12.3 Å². The van der Waals surface area contributed by atoms with Crippen molar-refractivity contribution in [2.45, 2.75) is 0 Å². The SMILES string of the molecule is N#Cc1cccc(N2CCN(C(=O)c3cccnc3F)CC2)c1. The van der Waals surface area contributed by atoms with Gasteiger partial charge in [0.1, 0.15) is 0 Å². The first-order valence-corrected chi connectivity index (χ1v) is 7.34. The van der Waals surface area contributed by atoms with Crippen LogP contribution in [-0.4, -0.2) is 42.0 Å². The first kappa shape index (κ1) is 15.0. The van der Waals surface area contributed by atoms with E-state index in [0.717, 1.165) is 5.69 Å². The highest BCUT2D eigenvalue weighted by atomic mass is 19.1. The Labute approximate surface area is 133 Å². The Kier molecular flexibility index (Phi) is 4.20. The van der Waals surface area contributed by atoms with Crippen LogP contribution in [0, 0.1) is 17.3 Å². The van der Waals surface area contributed by atoms with Crippen LogP contribution in [-0.2, 0) is 0 Å². The fourth-order valence-corrected chi connectivity index (χ4v) is 2.66. The second-order valence-corrected chi connectivity index (χ2v) is 5.28. The molecule has 3 rings (SSSR count). The quantitative estimate of drug-likeness (QED) is 0.797. The molecule has 1 aliphatic rings. The summed E-state index contributed by atoms with van der Waals surface area (Å²) in [6.07, 6.45) is 1.33. The molecule has 0 spiro atoms. The minimum atomic E-state index is -0.735. The van der Waals surface area contributed by atoms with Crippen LogP contribution in [0.3, 0.4) is 0 Å². The van der Waals surface area contributed by atoms with E-state index in [1.54, 1.807) is 17.0 Å². The number of hydrogen-bond acceptors (Lipinski definition) is 4. The summed E-state index contributed by atoms with van der Waals surface area (Å²) in [5.41, 5.74) is 1.58. The van der Waals surface area contributed by atoms with Crippen molar-refractivity contribution in [1.82, 2.24) is 9.88 Å². The largest absolute Gasteiger partial charge is 0.368 e. The Morgan fingerprint density at radius 3 is 2.65 bits per heavy atom. The van der Waals surface area contributed by atoms with Gasteiger partial charge in [-0.05, 0) is 30.3 Å². The van der Waals surface area contributed by atoms with E-state index in [0.29, 0.717) is 31.7 Å². The molecule has 1 aromatic carbocycles. The molecule has 0 atom stereocenters. The lowest BCUT2D eigenvalue weighted by Gasteiger charge is -2.36. The van der Waals surface area contributed by atoms with Crippen LogP contribution in [0.25, 0.3) is 0 Å². The highest BCUT2D eigenvalue weighted by Crippen LogP contribution is 2.19. The van der Waals surface area contributed by atoms with Crippen LogP contribution < -0.4 is 4.90 Å². The number of pyridine rings is 1. The highest BCUT2D eigenvalue weighted by molar-refractivity contribution is 5.94. The number of piperazine rings is 1. The number of benzene rings is 1. The highest BCUT2D eigenvalue weighted by Gasteiger charge is 2.24. The zero-order chi connectivity index (χ0) is 16.2. The topological polar surface area (TPSA) is 60.2 Å². The smallest absolute Gasteiger partial charge is 0.258 e. The Morgan fingerprint density at radius 1 is 1.17 bits per heavy atom. The third-order valence-electron chi connectivity index (χ3n) is 3.90. The first-order valence-electron chi connectivity index (χ1n) is 7.34. The lowest BCUT2D eigenvalue weighted by atomic mass is 10.1. The molecule has 2 aromatic rings. The fourth-order valence-electron chi connectivity index (χ4n) is 2.66. The number of nitrogens with zero attached hydrogens (tertiary/aromatic N) is 4. The maximum absolute atomic E-state index is 13.6. The lowest BCUT2D eigenvalue weighted by molar-refractivity contribution is 0.0741. The van der Waals surface area contributed by atoms with Crippen LogP contribution in [0.15, 0.2) is 42.6 Å². The monoisotopic (exact) mass is 310 g/mol. The average molecular weight is 310 g/mol. The van der Waals surface area contributed by atoms with Gasteiger partial charge in [-0.25, -0.2) is 4.98 Å². The molecule has 0 saturated carbocycles. The molecule has 1 fully saturated rings. The summed E-state index contributed by atoms with van der Waals surface area (Å²) in [4.78, 5) is 19.6. The van der Waals surface area contributed by atoms with Gasteiger partial charge >= 0.3 is 0 Å². The molecule has 2 heterocycles. The van der Waals surface area contributed by atoms with E-state index < -0.39 is 5.95 Å². The predicted octanol–water partition coefficient (Wildman–Crippen LogP) is 2.05. The number of amides is 1. The number of carbonyl (C=O) groups is 1. The summed E-state index contributed by atoms with van der Waals surface area (Å²) in [5, 5.41) is 8.96. The summed E-state index contributed by atoms with van der Waals surface area (Å²) in [6, 6.07) is 12.5. The maximum Gasteiger partial charge on any atom is 0.258 e. The Morgan fingerprint density at radius 2 is 1.96 bits per heavy atom. The van der Waals surface area contributed by atoms with Crippen LogP contribution in [0.1, 0.15) is 15.9 Å². The van der Waals surface area contributed by atoms with E-state index in [-0.39, 0.29) is 11.5 Å². The van der Waals surface area contributed by atoms with Crippen molar-refractivity contribution in [3.63, 3.8) is 0 Å². The number of nitriles is 1. The van der Waals surface area contributed by atoms with E-state index in [4.69, 9.17) is 5.26 Å². The average Bonchev–Trinajstić information content (AvgIpc) is 2.62. The molecular formula is C17H15FN4O. The molecule has 0 bridgehead atoms. The summed E-state index contributed by atoms with van der Waals surface area (Å²) in [7, 11) is 0. The van der Waals surface area contributed by atoms with Gasteiger partial charge in [0.25, 0.3) is 5.91 Å². The van der Waals surface area contributed by atoms with Gasteiger partial charge in [0.2, 0.25) is 5.95 Å². The lowest BCUT2D eigenvalue weighted by Crippen LogP contribution is -2.49. The number of halogens is 1. The standard InChI is InChI=1S/C17H15FN4O/c18-16-15(5-2-6-20-16)17(23)22-9-7-21(8-10-22)14-4-1-3-13(11-14)12-19/h1-6,11H,7-10H2. The van der Waals surface area contributed by atoms with Gasteiger partial charge in [0.05, 0.1) is 17.2 Å². The number of anilines is 1. The van der Waals surface area contributed by atoms with Crippen molar-refractivity contribution in [3.8, 4) is 6.07 Å². The number of aromatic nitrogens is 1. The summed E-state index contributed by atoms with van der Waals surface area (Å²) >= 11 is 0. The van der Waals surface area contributed by atoms with E-state index in [9.17, 15) is 9.18 Å². The molecule has 6 heteroatoms. The van der Waals surface area contributed by atoms with Gasteiger partial charge in [0, 0.05) is 38.1 Å². The number of carbonyl (C=O) groups excluding carboxylic acids is 1. The van der Waals surface area contributed by atoms with Crippen LogP contribution in [0.2, 0.25) is 0 Å². The van der Waals surface area contributed by atoms with E-state index >= 15 is 0 Å². The Hall–Kier alpha value is -2.94. The third-order valence-corrected chi connectivity index (χ3v) is 3.90. The molecule has 1 aliphatic heterocycles. The van der Waals surface area contributed by atoms with Crippen LogP contribution >= 0.6 is 0 Å². The molecule has 5 nitrogen and oxygen atoms in total. The van der Waals surface area contributed by atoms with Crippen LogP contribution in [0.4, 0.5) is 10.1 Å². The van der Waals surface area contributed by atoms with Gasteiger partial charge < -0.3 is 9.80 Å². The van der Waals surface area contributed by atoms with Gasteiger partial charge in [-0.3, -0.25) is 4.79 Å². The minimum absolute atomic E-state index is 0.00688. The van der Waals surface area contributed by atoms with Gasteiger partial charge in [0.15, 0.2) is 0 Å². The summed E-state index contributed by atoms with van der Waals surface area (Å²) < 4.78 is 13.6. The fraction of sp³-hybridized carbons (Fsp3) is 0.235. The van der Waals surface area contributed by atoms with Crippen LogP contribution in [0.5, 0.6) is 0 Å². The second-order valence-electron chi connectivity index (χ2n) is 5.28. The zero-order valence-corrected chi connectivity index (χ0v) is 12.4. The minimum Gasteiger partial charge on any atom is -0.368 e. The van der Waals surface area contributed by atoms with Crippen molar-refractivity contribution in [3.05, 3.63) is 59.7 Å². The van der Waals surface area contributed by atoms with Crippen molar-refractivity contribution in [1.29, 1.82) is 5.26 Å². The van der Waals surface area contributed by atoms with Crippen molar-refractivity contribution >= 4 is 11.6 Å².